The lowest BCUT2D eigenvalue weighted by atomic mass is 10.2. The van der Waals surface area contributed by atoms with Crippen LogP contribution in [0.25, 0.3) is 0 Å². The van der Waals surface area contributed by atoms with Crippen molar-refractivity contribution >= 4 is 11.6 Å². The van der Waals surface area contributed by atoms with E-state index in [9.17, 15) is 0 Å². The smallest absolute Gasteiger partial charge is 0.137 e. The van der Waals surface area contributed by atoms with Crippen molar-refractivity contribution in [3.05, 3.63) is 40.9 Å². The van der Waals surface area contributed by atoms with E-state index in [0.29, 0.717) is 22.9 Å². The van der Waals surface area contributed by atoms with Crippen LogP contribution in [0.5, 0.6) is 5.75 Å². The van der Waals surface area contributed by atoms with Gasteiger partial charge < -0.3 is 4.74 Å². The predicted octanol–water partition coefficient (Wildman–Crippen LogP) is 3.56. The van der Waals surface area contributed by atoms with Crippen molar-refractivity contribution in [2.75, 3.05) is 6.61 Å². The number of hydrogen-bond acceptors (Lipinski definition) is 2. The molecule has 1 rings (SSSR count). The van der Waals surface area contributed by atoms with E-state index in [-0.39, 0.29) is 0 Å². The van der Waals surface area contributed by atoms with E-state index < -0.39 is 0 Å². The van der Waals surface area contributed by atoms with Gasteiger partial charge in [0.1, 0.15) is 11.8 Å². The molecule has 1 aromatic rings. The average Bonchev–Trinajstić information content (AvgIpc) is 2.19. The Labute approximate surface area is 94.7 Å². The van der Waals surface area contributed by atoms with Crippen LogP contribution in [0.15, 0.2) is 30.4 Å². The fraction of sp³-hybridized carbons (Fsp3) is 0.250. The molecule has 0 spiro atoms. The molecule has 0 aliphatic carbocycles. The highest BCUT2D eigenvalue weighted by Crippen LogP contribution is 2.22. The fourth-order valence-corrected chi connectivity index (χ4v) is 1.22. The summed E-state index contributed by atoms with van der Waals surface area (Å²) in [7, 11) is 0. The zero-order valence-corrected chi connectivity index (χ0v) is 9.34. The number of ether oxygens (including phenoxy) is 1. The first kappa shape index (κ1) is 11.6. The summed E-state index contributed by atoms with van der Waals surface area (Å²) in [5, 5.41) is 9.39. The molecular weight excluding hydrogens is 210 g/mol. The average molecular weight is 222 g/mol. The summed E-state index contributed by atoms with van der Waals surface area (Å²) < 4.78 is 5.45. The zero-order chi connectivity index (χ0) is 11.3. The van der Waals surface area contributed by atoms with E-state index in [4.69, 9.17) is 21.6 Å². The van der Waals surface area contributed by atoms with Crippen LogP contribution < -0.4 is 4.74 Å². The van der Waals surface area contributed by atoms with E-state index in [1.165, 1.54) is 0 Å². The summed E-state index contributed by atoms with van der Waals surface area (Å²) in [6.45, 7) is 6.25. The van der Waals surface area contributed by atoms with Gasteiger partial charge in [0.15, 0.2) is 0 Å². The SMILES string of the molecule is C=C(C)CCOc1ccc(Cl)cc1C#N. The molecule has 15 heavy (non-hydrogen) atoms. The van der Waals surface area contributed by atoms with E-state index in [1.807, 2.05) is 13.0 Å². The molecule has 3 heteroatoms. The summed E-state index contributed by atoms with van der Waals surface area (Å²) in [6.07, 6.45) is 0.785. The quantitative estimate of drug-likeness (QED) is 0.729. The second-order valence-electron chi connectivity index (χ2n) is 3.31. The van der Waals surface area contributed by atoms with Crippen molar-refractivity contribution in [1.82, 2.24) is 0 Å². The van der Waals surface area contributed by atoms with Gasteiger partial charge in [-0.2, -0.15) is 5.26 Å². The van der Waals surface area contributed by atoms with Crippen LogP contribution in [0.2, 0.25) is 5.02 Å². The van der Waals surface area contributed by atoms with Gasteiger partial charge in [-0.3, -0.25) is 0 Å². The van der Waals surface area contributed by atoms with Crippen LogP contribution in [0.4, 0.5) is 0 Å². The minimum Gasteiger partial charge on any atom is -0.492 e. The van der Waals surface area contributed by atoms with Crippen molar-refractivity contribution in [3.8, 4) is 11.8 Å². The molecule has 0 saturated carbocycles. The van der Waals surface area contributed by atoms with E-state index >= 15 is 0 Å². The molecule has 0 N–H and O–H groups in total. The summed E-state index contributed by atoms with van der Waals surface area (Å²) >= 11 is 5.76. The molecule has 0 fully saturated rings. The third-order valence-corrected chi connectivity index (χ3v) is 2.08. The summed E-state index contributed by atoms with van der Waals surface area (Å²) in [4.78, 5) is 0. The molecule has 0 aliphatic heterocycles. The number of halogens is 1. The van der Waals surface area contributed by atoms with Crippen molar-refractivity contribution in [2.45, 2.75) is 13.3 Å². The highest BCUT2D eigenvalue weighted by atomic mass is 35.5. The van der Waals surface area contributed by atoms with Gasteiger partial charge in [0, 0.05) is 11.4 Å². The molecule has 0 saturated heterocycles. The van der Waals surface area contributed by atoms with Gasteiger partial charge in [-0.1, -0.05) is 17.2 Å². The molecule has 0 atom stereocenters. The Kier molecular flexibility index (Phi) is 4.20. The van der Waals surface area contributed by atoms with Crippen LogP contribution in [0.1, 0.15) is 18.9 Å². The maximum atomic E-state index is 8.85. The molecule has 0 heterocycles. The minimum absolute atomic E-state index is 0.462. The Hall–Kier alpha value is -1.46. The monoisotopic (exact) mass is 221 g/mol. The van der Waals surface area contributed by atoms with Crippen LogP contribution in [-0.4, -0.2) is 6.61 Å². The molecule has 0 aliphatic rings. The van der Waals surface area contributed by atoms with Crippen molar-refractivity contribution < 1.29 is 4.74 Å². The summed E-state index contributed by atoms with van der Waals surface area (Å²) in [5.74, 6) is 0.572. The van der Waals surface area contributed by atoms with Crippen LogP contribution in [0, 0.1) is 11.3 Å². The number of nitrogens with zero attached hydrogens (tertiary/aromatic N) is 1. The van der Waals surface area contributed by atoms with E-state index in [2.05, 4.69) is 6.58 Å². The number of rotatable bonds is 4. The van der Waals surface area contributed by atoms with Gasteiger partial charge in [0.2, 0.25) is 0 Å². The van der Waals surface area contributed by atoms with Gasteiger partial charge in [-0.25, -0.2) is 0 Å². The van der Waals surface area contributed by atoms with Crippen LogP contribution in [0.3, 0.4) is 0 Å². The molecule has 78 valence electrons. The molecule has 0 aromatic heterocycles. The first-order valence-electron chi connectivity index (χ1n) is 4.60. The lowest BCUT2D eigenvalue weighted by molar-refractivity contribution is 0.321. The van der Waals surface area contributed by atoms with Crippen molar-refractivity contribution in [2.24, 2.45) is 0 Å². The normalized spacial score (nSPS) is 9.40. The molecule has 1 aromatic carbocycles. The van der Waals surface area contributed by atoms with E-state index in [1.54, 1.807) is 18.2 Å². The number of hydrogen-bond donors (Lipinski definition) is 0. The van der Waals surface area contributed by atoms with Gasteiger partial charge in [-0.15, -0.1) is 6.58 Å². The molecule has 2 nitrogen and oxygen atoms in total. The second-order valence-corrected chi connectivity index (χ2v) is 3.74. The molecule has 0 amide bonds. The lowest BCUT2D eigenvalue weighted by Crippen LogP contribution is -1.99. The first-order chi connectivity index (χ1) is 7.13. The van der Waals surface area contributed by atoms with Gasteiger partial charge in [0.25, 0.3) is 0 Å². The Morgan fingerprint density at radius 1 is 1.60 bits per heavy atom. The third-order valence-electron chi connectivity index (χ3n) is 1.85. The Balaban J connectivity index is 2.69. The summed E-state index contributed by atoms with van der Waals surface area (Å²) in [6, 6.07) is 7.05. The second kappa shape index (κ2) is 5.43. The van der Waals surface area contributed by atoms with Gasteiger partial charge in [0.05, 0.1) is 12.2 Å². The third kappa shape index (κ3) is 3.65. The molecule has 0 radical (unpaired) electrons. The summed E-state index contributed by atoms with van der Waals surface area (Å²) in [5.41, 5.74) is 1.52. The van der Waals surface area contributed by atoms with Crippen molar-refractivity contribution in [1.29, 1.82) is 5.26 Å². The highest BCUT2D eigenvalue weighted by Gasteiger charge is 2.03. The maximum Gasteiger partial charge on any atom is 0.137 e. The highest BCUT2D eigenvalue weighted by molar-refractivity contribution is 6.30. The molecule has 0 bridgehead atoms. The minimum atomic E-state index is 0.462. The Morgan fingerprint density at radius 2 is 2.33 bits per heavy atom. The molecular formula is C12H12ClNO. The van der Waals surface area contributed by atoms with Gasteiger partial charge in [-0.05, 0) is 25.1 Å². The Morgan fingerprint density at radius 3 is 2.93 bits per heavy atom. The lowest BCUT2D eigenvalue weighted by Gasteiger charge is -2.07. The maximum absolute atomic E-state index is 8.85. The fourth-order valence-electron chi connectivity index (χ4n) is 1.05. The number of benzene rings is 1. The first-order valence-corrected chi connectivity index (χ1v) is 4.98. The van der Waals surface area contributed by atoms with E-state index in [0.717, 1.165) is 12.0 Å². The Bertz CT molecular complexity index is 407. The topological polar surface area (TPSA) is 33.0 Å². The van der Waals surface area contributed by atoms with Crippen LogP contribution >= 0.6 is 11.6 Å². The largest absolute Gasteiger partial charge is 0.492 e. The van der Waals surface area contributed by atoms with Gasteiger partial charge >= 0.3 is 0 Å². The standard InChI is InChI=1S/C12H12ClNO/c1-9(2)5-6-15-12-4-3-11(13)7-10(12)8-14/h3-4,7H,1,5-6H2,2H3. The molecule has 0 unspecified atom stereocenters. The number of nitriles is 1. The predicted molar refractivity (Wildman–Crippen MR) is 61.1 cm³/mol. The van der Waals surface area contributed by atoms with Crippen molar-refractivity contribution in [3.63, 3.8) is 0 Å². The zero-order valence-electron chi connectivity index (χ0n) is 8.59. The van der Waals surface area contributed by atoms with Crippen LogP contribution in [-0.2, 0) is 0 Å².